The number of nitrogens with one attached hydrogen (secondary N) is 1. The maximum Gasteiger partial charge on any atom is 0.278 e. The molecular weight excluding hydrogens is 240 g/mol. The Labute approximate surface area is 104 Å². The highest BCUT2D eigenvalue weighted by atomic mass is 16.7. The average molecular weight is 254 g/mol. The fourth-order valence-electron chi connectivity index (χ4n) is 1.21. The van der Waals surface area contributed by atoms with Crippen LogP contribution >= 0.6 is 0 Å². The molecule has 0 aliphatic heterocycles. The average Bonchev–Trinajstić information content (AvgIpc) is 2.37. The standard InChI is InChI=1S/C11H14N2O5/c1-16-7-3-4-8(9(5-7)17-2)11(15)13-18-6-10(12)14/h3-5H,6H2,1-2H3,(H2,12,14)(H,13,15). The van der Waals surface area contributed by atoms with Gasteiger partial charge in [-0.15, -0.1) is 0 Å². The minimum absolute atomic E-state index is 0.253. The van der Waals surface area contributed by atoms with Crippen molar-refractivity contribution in [3.8, 4) is 11.5 Å². The minimum Gasteiger partial charge on any atom is -0.497 e. The zero-order valence-electron chi connectivity index (χ0n) is 10.1. The van der Waals surface area contributed by atoms with Gasteiger partial charge >= 0.3 is 0 Å². The summed E-state index contributed by atoms with van der Waals surface area (Å²) >= 11 is 0. The maximum absolute atomic E-state index is 11.7. The molecule has 0 aliphatic carbocycles. The van der Waals surface area contributed by atoms with Crippen LogP contribution in [0.5, 0.6) is 11.5 Å². The summed E-state index contributed by atoms with van der Waals surface area (Å²) < 4.78 is 10.0. The van der Waals surface area contributed by atoms with Crippen LogP contribution in [0.3, 0.4) is 0 Å². The highest BCUT2D eigenvalue weighted by molar-refractivity contribution is 5.96. The molecule has 0 radical (unpaired) electrons. The van der Waals surface area contributed by atoms with Gasteiger partial charge in [-0.05, 0) is 12.1 Å². The van der Waals surface area contributed by atoms with Crippen molar-refractivity contribution in [2.24, 2.45) is 5.73 Å². The molecular formula is C11H14N2O5. The molecule has 0 heterocycles. The van der Waals surface area contributed by atoms with Crippen LogP contribution in [-0.2, 0) is 9.63 Å². The first-order chi connectivity index (χ1) is 8.58. The quantitative estimate of drug-likeness (QED) is 0.688. The van der Waals surface area contributed by atoms with Gasteiger partial charge in [0.1, 0.15) is 11.5 Å². The summed E-state index contributed by atoms with van der Waals surface area (Å²) in [6.07, 6.45) is 0. The van der Waals surface area contributed by atoms with E-state index < -0.39 is 18.4 Å². The molecule has 0 saturated heterocycles. The third kappa shape index (κ3) is 3.63. The fourth-order valence-corrected chi connectivity index (χ4v) is 1.21. The van der Waals surface area contributed by atoms with Crippen LogP contribution in [0.4, 0.5) is 0 Å². The number of rotatable bonds is 6. The first kappa shape index (κ1) is 13.8. The third-order valence-corrected chi connectivity index (χ3v) is 2.03. The van der Waals surface area contributed by atoms with Crippen LogP contribution in [0, 0.1) is 0 Å². The summed E-state index contributed by atoms with van der Waals surface area (Å²) in [5.74, 6) is -0.344. The van der Waals surface area contributed by atoms with Gasteiger partial charge in [-0.3, -0.25) is 14.4 Å². The first-order valence-electron chi connectivity index (χ1n) is 5.01. The van der Waals surface area contributed by atoms with Crippen molar-refractivity contribution in [3.63, 3.8) is 0 Å². The Balaban J connectivity index is 2.75. The number of benzene rings is 1. The number of methoxy groups -OCH3 is 2. The predicted molar refractivity (Wildman–Crippen MR) is 62.2 cm³/mol. The number of hydrogen-bond acceptors (Lipinski definition) is 5. The molecule has 1 rings (SSSR count). The molecule has 0 aromatic heterocycles. The Morgan fingerprint density at radius 3 is 2.56 bits per heavy atom. The molecule has 0 atom stereocenters. The summed E-state index contributed by atoms with van der Waals surface area (Å²) in [6.45, 7) is -0.399. The number of nitrogens with two attached hydrogens (primary N) is 1. The van der Waals surface area contributed by atoms with Crippen LogP contribution in [0.15, 0.2) is 18.2 Å². The molecule has 0 spiro atoms. The number of ether oxygens (including phenoxy) is 2. The molecule has 0 saturated carbocycles. The number of amides is 2. The van der Waals surface area contributed by atoms with Crippen LogP contribution in [0.2, 0.25) is 0 Å². The summed E-state index contributed by atoms with van der Waals surface area (Å²) in [5, 5.41) is 0. The molecule has 0 unspecified atom stereocenters. The lowest BCUT2D eigenvalue weighted by atomic mass is 10.2. The molecule has 0 aliphatic rings. The van der Waals surface area contributed by atoms with E-state index >= 15 is 0 Å². The SMILES string of the molecule is COc1ccc(C(=O)NOCC(N)=O)c(OC)c1. The molecule has 1 aromatic rings. The monoisotopic (exact) mass is 254 g/mol. The topological polar surface area (TPSA) is 99.9 Å². The van der Waals surface area contributed by atoms with Crippen molar-refractivity contribution in [2.75, 3.05) is 20.8 Å². The molecule has 98 valence electrons. The van der Waals surface area contributed by atoms with Crippen LogP contribution < -0.4 is 20.7 Å². The normalized spacial score (nSPS) is 9.67. The summed E-state index contributed by atoms with van der Waals surface area (Å²) in [5.41, 5.74) is 7.19. The predicted octanol–water partition coefficient (Wildman–Crippen LogP) is -0.150. The molecule has 0 fully saturated rings. The first-order valence-corrected chi connectivity index (χ1v) is 5.01. The van der Waals surface area contributed by atoms with Crippen molar-refractivity contribution < 1.29 is 23.9 Å². The van der Waals surface area contributed by atoms with Crippen molar-refractivity contribution in [3.05, 3.63) is 23.8 Å². The number of hydrogen-bond donors (Lipinski definition) is 2. The van der Waals surface area contributed by atoms with Gasteiger partial charge in [-0.2, -0.15) is 0 Å². The number of carbonyl (C=O) groups excluding carboxylic acids is 2. The van der Waals surface area contributed by atoms with Crippen molar-refractivity contribution >= 4 is 11.8 Å². The van der Waals surface area contributed by atoms with Gasteiger partial charge in [0, 0.05) is 6.07 Å². The number of hydroxylamine groups is 1. The van der Waals surface area contributed by atoms with Crippen LogP contribution in [0.25, 0.3) is 0 Å². The van der Waals surface area contributed by atoms with Gasteiger partial charge in [-0.25, -0.2) is 5.48 Å². The highest BCUT2D eigenvalue weighted by Crippen LogP contribution is 2.24. The summed E-state index contributed by atoms with van der Waals surface area (Å²) in [6, 6.07) is 4.68. The van der Waals surface area contributed by atoms with E-state index in [1.807, 2.05) is 0 Å². The third-order valence-electron chi connectivity index (χ3n) is 2.03. The van der Waals surface area contributed by atoms with Gasteiger partial charge in [0.2, 0.25) is 5.91 Å². The molecule has 7 heteroatoms. The van der Waals surface area contributed by atoms with Gasteiger partial charge in [0.05, 0.1) is 19.8 Å². The maximum atomic E-state index is 11.7. The summed E-state index contributed by atoms with van der Waals surface area (Å²) in [7, 11) is 2.93. The van der Waals surface area contributed by atoms with Crippen molar-refractivity contribution in [1.82, 2.24) is 5.48 Å². The second kappa shape index (κ2) is 6.45. The largest absolute Gasteiger partial charge is 0.497 e. The van der Waals surface area contributed by atoms with E-state index in [4.69, 9.17) is 15.2 Å². The Hall–Kier alpha value is -2.28. The summed E-state index contributed by atoms with van der Waals surface area (Å²) in [4.78, 5) is 26.7. The molecule has 0 bridgehead atoms. The Morgan fingerprint density at radius 2 is 2.00 bits per heavy atom. The van der Waals surface area contributed by atoms with E-state index in [-0.39, 0.29) is 5.56 Å². The lowest BCUT2D eigenvalue weighted by Gasteiger charge is -2.10. The Morgan fingerprint density at radius 1 is 1.28 bits per heavy atom. The van der Waals surface area contributed by atoms with Crippen molar-refractivity contribution in [2.45, 2.75) is 0 Å². The Bertz CT molecular complexity index is 447. The van der Waals surface area contributed by atoms with Crippen LogP contribution in [0.1, 0.15) is 10.4 Å². The number of carbonyl (C=O) groups is 2. The van der Waals surface area contributed by atoms with Gasteiger partial charge in [-0.1, -0.05) is 0 Å². The van der Waals surface area contributed by atoms with E-state index in [0.29, 0.717) is 11.5 Å². The van der Waals surface area contributed by atoms with Gasteiger partial charge in [0.25, 0.3) is 5.91 Å². The molecule has 2 amide bonds. The second-order valence-electron chi connectivity index (χ2n) is 3.25. The lowest BCUT2D eigenvalue weighted by Crippen LogP contribution is -2.29. The van der Waals surface area contributed by atoms with E-state index in [2.05, 4.69) is 10.3 Å². The lowest BCUT2D eigenvalue weighted by molar-refractivity contribution is -0.124. The zero-order chi connectivity index (χ0) is 13.5. The van der Waals surface area contributed by atoms with E-state index in [0.717, 1.165) is 0 Å². The van der Waals surface area contributed by atoms with E-state index in [1.165, 1.54) is 20.3 Å². The molecule has 1 aromatic carbocycles. The van der Waals surface area contributed by atoms with Crippen molar-refractivity contribution in [1.29, 1.82) is 0 Å². The fraction of sp³-hybridized carbons (Fsp3) is 0.273. The minimum atomic E-state index is -0.683. The van der Waals surface area contributed by atoms with E-state index in [9.17, 15) is 9.59 Å². The zero-order valence-corrected chi connectivity index (χ0v) is 10.1. The molecule has 3 N–H and O–H groups in total. The second-order valence-corrected chi connectivity index (χ2v) is 3.25. The van der Waals surface area contributed by atoms with Gasteiger partial charge in [0.15, 0.2) is 6.61 Å². The number of primary amides is 1. The smallest absolute Gasteiger partial charge is 0.278 e. The molecule has 18 heavy (non-hydrogen) atoms. The highest BCUT2D eigenvalue weighted by Gasteiger charge is 2.13. The molecule has 7 nitrogen and oxygen atoms in total. The van der Waals surface area contributed by atoms with Gasteiger partial charge < -0.3 is 15.2 Å². The van der Waals surface area contributed by atoms with E-state index in [1.54, 1.807) is 12.1 Å². The Kier molecular flexibility index (Phi) is 4.94. The van der Waals surface area contributed by atoms with Crippen LogP contribution in [-0.4, -0.2) is 32.6 Å².